The molecule has 1 aliphatic heterocycles. The molecule has 2 aromatic carbocycles. The lowest BCUT2D eigenvalue weighted by Crippen LogP contribution is -2.41. The quantitative estimate of drug-likeness (QED) is 0.685. The highest BCUT2D eigenvalue weighted by molar-refractivity contribution is 9.10. The molecule has 154 valence electrons. The summed E-state index contributed by atoms with van der Waals surface area (Å²) < 4.78 is 1.00. The number of likely N-dealkylation sites (tertiary alicyclic amines) is 1. The molecule has 2 amide bonds. The molecular weight excluding hydrogens is 430 g/mol. The Kier molecular flexibility index (Phi) is 7.09. The third-order valence-electron chi connectivity index (χ3n) is 5.28. The number of halogens is 1. The number of benzene rings is 2. The summed E-state index contributed by atoms with van der Waals surface area (Å²) in [4.78, 5) is 27.1. The lowest BCUT2D eigenvalue weighted by Gasteiger charge is -2.30. The van der Waals surface area contributed by atoms with Crippen molar-refractivity contribution in [2.24, 2.45) is 5.92 Å². The Morgan fingerprint density at radius 3 is 2.28 bits per heavy atom. The van der Waals surface area contributed by atoms with E-state index in [1.54, 1.807) is 0 Å². The normalized spacial score (nSPS) is 15.2. The number of amides is 2. The molecule has 0 aromatic heterocycles. The van der Waals surface area contributed by atoms with Crippen LogP contribution in [0.15, 0.2) is 40.9 Å². The standard InChI is InChI=1S/C23H28BrN3O2/c1-15-10-16(2)12-20(11-15)25-22(28)14-27-8-6-18(7-9-27)23(29)26-21-5-4-19(24)13-17(21)3/h4-5,10-13,18H,6-9,14H2,1-3H3,(H,25,28)(H,26,29). The molecule has 5 nitrogen and oxygen atoms in total. The number of nitrogens with one attached hydrogen (secondary N) is 2. The zero-order chi connectivity index (χ0) is 21.0. The highest BCUT2D eigenvalue weighted by Crippen LogP contribution is 2.23. The second kappa shape index (κ2) is 9.55. The summed E-state index contributed by atoms with van der Waals surface area (Å²) in [6.45, 7) is 7.88. The second-order valence-electron chi connectivity index (χ2n) is 7.92. The van der Waals surface area contributed by atoms with Gasteiger partial charge in [0.1, 0.15) is 0 Å². The summed E-state index contributed by atoms with van der Waals surface area (Å²) in [6, 6.07) is 11.9. The first-order chi connectivity index (χ1) is 13.8. The van der Waals surface area contributed by atoms with Gasteiger partial charge in [-0.15, -0.1) is 0 Å². The molecular formula is C23H28BrN3O2. The molecule has 0 atom stereocenters. The number of aryl methyl sites for hydroxylation is 3. The smallest absolute Gasteiger partial charge is 0.238 e. The van der Waals surface area contributed by atoms with E-state index in [1.165, 1.54) is 0 Å². The first kappa shape index (κ1) is 21.5. The fourth-order valence-corrected chi connectivity index (χ4v) is 4.28. The van der Waals surface area contributed by atoms with Crippen LogP contribution in [-0.4, -0.2) is 36.3 Å². The van der Waals surface area contributed by atoms with Gasteiger partial charge in [-0.1, -0.05) is 22.0 Å². The van der Waals surface area contributed by atoms with Gasteiger partial charge in [0, 0.05) is 21.8 Å². The van der Waals surface area contributed by atoms with Crippen LogP contribution < -0.4 is 10.6 Å². The van der Waals surface area contributed by atoms with Crippen molar-refractivity contribution in [2.75, 3.05) is 30.3 Å². The van der Waals surface area contributed by atoms with E-state index in [9.17, 15) is 9.59 Å². The van der Waals surface area contributed by atoms with E-state index >= 15 is 0 Å². The van der Waals surface area contributed by atoms with Gasteiger partial charge in [0.15, 0.2) is 0 Å². The van der Waals surface area contributed by atoms with Crippen molar-refractivity contribution in [3.05, 3.63) is 57.6 Å². The van der Waals surface area contributed by atoms with E-state index in [0.717, 1.165) is 58.5 Å². The average Bonchev–Trinajstić information content (AvgIpc) is 2.63. The van der Waals surface area contributed by atoms with Crippen LogP contribution in [0.5, 0.6) is 0 Å². The molecule has 0 saturated carbocycles. The van der Waals surface area contributed by atoms with Gasteiger partial charge < -0.3 is 10.6 Å². The summed E-state index contributed by atoms with van der Waals surface area (Å²) in [5.74, 6) is 0.0370. The molecule has 0 spiro atoms. The minimum absolute atomic E-state index is 0.0108. The molecule has 29 heavy (non-hydrogen) atoms. The molecule has 6 heteroatoms. The maximum Gasteiger partial charge on any atom is 0.238 e. The van der Waals surface area contributed by atoms with Crippen LogP contribution in [0, 0.1) is 26.7 Å². The SMILES string of the molecule is Cc1cc(C)cc(NC(=O)CN2CCC(C(=O)Nc3ccc(Br)cc3C)CC2)c1. The van der Waals surface area contributed by atoms with Crippen molar-refractivity contribution in [3.8, 4) is 0 Å². The summed E-state index contributed by atoms with van der Waals surface area (Å²) in [6.07, 6.45) is 1.52. The minimum atomic E-state index is -0.0169. The Balaban J connectivity index is 1.47. The Hall–Kier alpha value is -2.18. The highest BCUT2D eigenvalue weighted by atomic mass is 79.9. The van der Waals surface area contributed by atoms with Crippen molar-refractivity contribution in [3.63, 3.8) is 0 Å². The molecule has 2 aromatic rings. The first-order valence-electron chi connectivity index (χ1n) is 9.97. The number of rotatable bonds is 5. The van der Waals surface area contributed by atoms with E-state index in [4.69, 9.17) is 0 Å². The van der Waals surface area contributed by atoms with Crippen molar-refractivity contribution in [1.29, 1.82) is 0 Å². The van der Waals surface area contributed by atoms with Gasteiger partial charge in [-0.25, -0.2) is 0 Å². The van der Waals surface area contributed by atoms with Gasteiger partial charge in [0.25, 0.3) is 0 Å². The average molecular weight is 458 g/mol. The zero-order valence-electron chi connectivity index (χ0n) is 17.2. The van der Waals surface area contributed by atoms with Crippen LogP contribution in [0.4, 0.5) is 11.4 Å². The molecule has 0 radical (unpaired) electrons. The number of piperidine rings is 1. The Morgan fingerprint density at radius 1 is 1.00 bits per heavy atom. The third-order valence-corrected chi connectivity index (χ3v) is 5.77. The minimum Gasteiger partial charge on any atom is -0.326 e. The summed E-state index contributed by atoms with van der Waals surface area (Å²) in [5.41, 5.74) is 4.99. The molecule has 0 aliphatic carbocycles. The van der Waals surface area contributed by atoms with E-state index in [0.29, 0.717) is 6.54 Å². The fraction of sp³-hybridized carbons (Fsp3) is 0.391. The van der Waals surface area contributed by atoms with Gasteiger partial charge in [-0.05, 0) is 93.7 Å². The van der Waals surface area contributed by atoms with Crippen molar-refractivity contribution in [1.82, 2.24) is 4.90 Å². The van der Waals surface area contributed by atoms with E-state index in [2.05, 4.69) is 37.5 Å². The van der Waals surface area contributed by atoms with Gasteiger partial charge >= 0.3 is 0 Å². The molecule has 0 bridgehead atoms. The summed E-state index contributed by atoms with van der Waals surface area (Å²) in [7, 11) is 0. The van der Waals surface area contributed by atoms with Gasteiger partial charge in [-0.2, -0.15) is 0 Å². The number of anilines is 2. The van der Waals surface area contributed by atoms with E-state index in [-0.39, 0.29) is 17.7 Å². The lowest BCUT2D eigenvalue weighted by molar-refractivity contribution is -0.121. The van der Waals surface area contributed by atoms with Crippen molar-refractivity contribution >= 4 is 39.1 Å². The lowest BCUT2D eigenvalue weighted by atomic mass is 9.95. The van der Waals surface area contributed by atoms with E-state index < -0.39 is 0 Å². The topological polar surface area (TPSA) is 61.4 Å². The predicted molar refractivity (Wildman–Crippen MR) is 121 cm³/mol. The first-order valence-corrected chi connectivity index (χ1v) is 10.8. The molecule has 3 rings (SSSR count). The van der Waals surface area contributed by atoms with Crippen LogP contribution in [-0.2, 0) is 9.59 Å². The largest absolute Gasteiger partial charge is 0.326 e. The van der Waals surface area contributed by atoms with Gasteiger partial charge in [-0.3, -0.25) is 14.5 Å². The number of hydrogen-bond donors (Lipinski definition) is 2. The monoisotopic (exact) mass is 457 g/mol. The number of carbonyl (C=O) groups is 2. The predicted octanol–water partition coefficient (Wildman–Crippen LogP) is 4.66. The molecule has 0 unspecified atom stereocenters. The summed E-state index contributed by atoms with van der Waals surface area (Å²) in [5, 5.41) is 6.03. The Labute approximate surface area is 181 Å². The number of hydrogen-bond acceptors (Lipinski definition) is 3. The summed E-state index contributed by atoms with van der Waals surface area (Å²) >= 11 is 3.44. The maximum absolute atomic E-state index is 12.6. The number of carbonyl (C=O) groups excluding carboxylic acids is 2. The molecule has 1 aliphatic rings. The van der Waals surface area contributed by atoms with Crippen LogP contribution in [0.3, 0.4) is 0 Å². The van der Waals surface area contributed by atoms with Gasteiger partial charge in [0.05, 0.1) is 6.54 Å². The molecule has 1 fully saturated rings. The number of nitrogens with zero attached hydrogens (tertiary/aromatic N) is 1. The van der Waals surface area contributed by atoms with Crippen LogP contribution in [0.2, 0.25) is 0 Å². The second-order valence-corrected chi connectivity index (χ2v) is 8.84. The highest BCUT2D eigenvalue weighted by Gasteiger charge is 2.26. The van der Waals surface area contributed by atoms with Gasteiger partial charge in [0.2, 0.25) is 11.8 Å². The Bertz CT molecular complexity index is 885. The van der Waals surface area contributed by atoms with E-state index in [1.807, 2.05) is 51.1 Å². The van der Waals surface area contributed by atoms with Crippen molar-refractivity contribution < 1.29 is 9.59 Å². The van der Waals surface area contributed by atoms with Crippen molar-refractivity contribution in [2.45, 2.75) is 33.6 Å². The van der Waals surface area contributed by atoms with Crippen LogP contribution in [0.1, 0.15) is 29.5 Å². The van der Waals surface area contributed by atoms with Crippen LogP contribution in [0.25, 0.3) is 0 Å². The van der Waals surface area contributed by atoms with Crippen LogP contribution >= 0.6 is 15.9 Å². The molecule has 1 saturated heterocycles. The fourth-order valence-electron chi connectivity index (χ4n) is 3.81. The Morgan fingerprint density at radius 2 is 1.66 bits per heavy atom. The zero-order valence-corrected chi connectivity index (χ0v) is 18.8. The maximum atomic E-state index is 12.6. The molecule has 2 N–H and O–H groups in total. The third kappa shape index (κ3) is 6.15. The molecule has 1 heterocycles.